The lowest BCUT2D eigenvalue weighted by Gasteiger charge is -2.04. The van der Waals surface area contributed by atoms with Gasteiger partial charge in [-0.2, -0.15) is 0 Å². The van der Waals surface area contributed by atoms with Crippen LogP contribution in [-0.2, 0) is 0 Å². The number of thiazole rings is 1. The van der Waals surface area contributed by atoms with E-state index in [2.05, 4.69) is 21.0 Å². The van der Waals surface area contributed by atoms with Crippen molar-refractivity contribution in [3.8, 4) is 22.2 Å². The average molecular weight is 305 g/mol. The average Bonchev–Trinajstić information content (AvgIpc) is 3.00. The predicted octanol–water partition coefficient (Wildman–Crippen LogP) is 4.55. The maximum Gasteiger partial charge on any atom is 0.237 e. The number of para-hydroxylation sites is 1. The van der Waals surface area contributed by atoms with Crippen LogP contribution in [0.5, 0.6) is 11.6 Å². The summed E-state index contributed by atoms with van der Waals surface area (Å²) in [7, 11) is 0. The summed E-state index contributed by atoms with van der Waals surface area (Å²) in [5, 5.41) is 1.01. The van der Waals surface area contributed by atoms with Crippen LogP contribution in [0.1, 0.15) is 0 Å². The molecule has 0 fully saturated rings. The second-order valence-electron chi connectivity index (χ2n) is 4.66. The van der Waals surface area contributed by atoms with Crippen LogP contribution < -0.4 is 4.74 Å². The molecule has 0 bridgehead atoms. The van der Waals surface area contributed by atoms with Crippen LogP contribution in [0.2, 0.25) is 0 Å². The molecule has 0 aliphatic heterocycles. The molecule has 22 heavy (non-hydrogen) atoms. The zero-order valence-electron chi connectivity index (χ0n) is 11.5. The van der Waals surface area contributed by atoms with Crippen molar-refractivity contribution in [3.63, 3.8) is 0 Å². The number of aromatic nitrogens is 3. The van der Waals surface area contributed by atoms with Gasteiger partial charge in [-0.1, -0.05) is 12.1 Å². The van der Waals surface area contributed by atoms with Crippen molar-refractivity contribution in [1.82, 2.24) is 15.0 Å². The maximum atomic E-state index is 5.64. The predicted molar refractivity (Wildman–Crippen MR) is 87.2 cm³/mol. The summed E-state index contributed by atoms with van der Waals surface area (Å²) in [6.07, 6.45) is 4.80. The van der Waals surface area contributed by atoms with Crippen molar-refractivity contribution in [2.75, 3.05) is 0 Å². The molecule has 0 radical (unpaired) electrons. The largest absolute Gasteiger partial charge is 0.438 e. The summed E-state index contributed by atoms with van der Waals surface area (Å²) in [5.41, 5.74) is 2.11. The molecule has 0 aliphatic rings. The minimum atomic E-state index is 0.482. The fourth-order valence-corrected chi connectivity index (χ4v) is 3.09. The van der Waals surface area contributed by atoms with Gasteiger partial charge < -0.3 is 4.74 Å². The van der Waals surface area contributed by atoms with Gasteiger partial charge in [-0.05, 0) is 36.4 Å². The second-order valence-corrected chi connectivity index (χ2v) is 5.69. The van der Waals surface area contributed by atoms with Gasteiger partial charge >= 0.3 is 0 Å². The third-order valence-electron chi connectivity index (χ3n) is 3.16. The molecule has 0 N–H and O–H groups in total. The highest BCUT2D eigenvalue weighted by atomic mass is 32.1. The molecule has 0 amide bonds. The van der Waals surface area contributed by atoms with Crippen molar-refractivity contribution in [1.29, 1.82) is 0 Å². The summed E-state index contributed by atoms with van der Waals surface area (Å²) in [4.78, 5) is 12.7. The summed E-state index contributed by atoms with van der Waals surface area (Å²) in [5.74, 6) is 1.21. The SMILES string of the molecule is c1ccc2sc(-c3ccc(Oc4cnccn4)cc3)nc2c1. The van der Waals surface area contributed by atoms with Crippen LogP contribution in [0.15, 0.2) is 67.1 Å². The molecular weight excluding hydrogens is 294 g/mol. The van der Waals surface area contributed by atoms with E-state index in [0.29, 0.717) is 5.88 Å². The number of fused-ring (bicyclic) bond motifs is 1. The minimum Gasteiger partial charge on any atom is -0.438 e. The Kier molecular flexibility index (Phi) is 3.25. The molecule has 2 aromatic heterocycles. The smallest absolute Gasteiger partial charge is 0.237 e. The van der Waals surface area contributed by atoms with Gasteiger partial charge in [-0.3, -0.25) is 4.98 Å². The van der Waals surface area contributed by atoms with E-state index in [9.17, 15) is 0 Å². The molecular formula is C17H11N3OS. The Hall–Kier alpha value is -2.79. The Balaban J connectivity index is 1.61. The molecule has 0 aliphatic carbocycles. The molecule has 106 valence electrons. The number of benzene rings is 2. The Morgan fingerprint density at radius 1 is 0.909 bits per heavy atom. The molecule has 0 atom stereocenters. The third-order valence-corrected chi connectivity index (χ3v) is 4.24. The van der Waals surface area contributed by atoms with E-state index in [-0.39, 0.29) is 0 Å². The lowest BCUT2D eigenvalue weighted by molar-refractivity contribution is 0.460. The molecule has 4 rings (SSSR count). The first-order valence-electron chi connectivity index (χ1n) is 6.78. The Labute approximate surface area is 131 Å². The molecule has 2 heterocycles. The number of hydrogen-bond acceptors (Lipinski definition) is 5. The van der Waals surface area contributed by atoms with Crippen LogP contribution in [0.25, 0.3) is 20.8 Å². The van der Waals surface area contributed by atoms with Gasteiger partial charge in [0.15, 0.2) is 0 Å². The number of hydrogen-bond donors (Lipinski definition) is 0. The lowest BCUT2D eigenvalue weighted by Crippen LogP contribution is -1.88. The molecule has 0 saturated heterocycles. The highest BCUT2D eigenvalue weighted by Crippen LogP contribution is 2.31. The summed E-state index contributed by atoms with van der Waals surface area (Å²) >= 11 is 1.69. The van der Waals surface area contributed by atoms with E-state index in [0.717, 1.165) is 21.8 Å². The zero-order valence-corrected chi connectivity index (χ0v) is 12.3. The van der Waals surface area contributed by atoms with Crippen LogP contribution in [0, 0.1) is 0 Å². The van der Waals surface area contributed by atoms with Gasteiger partial charge in [0.05, 0.1) is 16.4 Å². The Bertz CT molecular complexity index is 871. The number of rotatable bonds is 3. The van der Waals surface area contributed by atoms with Crippen molar-refractivity contribution in [2.45, 2.75) is 0 Å². The van der Waals surface area contributed by atoms with Gasteiger partial charge in [0.25, 0.3) is 0 Å². The Morgan fingerprint density at radius 2 is 1.77 bits per heavy atom. The van der Waals surface area contributed by atoms with Crippen LogP contribution in [0.3, 0.4) is 0 Å². The van der Waals surface area contributed by atoms with Crippen molar-refractivity contribution >= 4 is 21.6 Å². The van der Waals surface area contributed by atoms with E-state index < -0.39 is 0 Å². The minimum absolute atomic E-state index is 0.482. The number of ether oxygens (including phenoxy) is 1. The lowest BCUT2D eigenvalue weighted by atomic mass is 10.2. The van der Waals surface area contributed by atoms with Gasteiger partial charge in [0.1, 0.15) is 10.8 Å². The fourth-order valence-electron chi connectivity index (χ4n) is 2.12. The highest BCUT2D eigenvalue weighted by Gasteiger charge is 2.06. The van der Waals surface area contributed by atoms with E-state index in [1.807, 2.05) is 42.5 Å². The van der Waals surface area contributed by atoms with Gasteiger partial charge in [-0.25, -0.2) is 9.97 Å². The standard InChI is InChI=1S/C17H11N3OS/c1-2-4-15-14(3-1)20-17(22-15)12-5-7-13(8-6-12)21-16-11-18-9-10-19-16/h1-11H. The normalized spacial score (nSPS) is 10.7. The first-order chi connectivity index (χ1) is 10.9. The van der Waals surface area contributed by atoms with Crippen LogP contribution >= 0.6 is 11.3 Å². The number of nitrogens with zero attached hydrogens (tertiary/aromatic N) is 3. The van der Waals surface area contributed by atoms with Gasteiger partial charge in [-0.15, -0.1) is 11.3 Å². The monoisotopic (exact) mass is 305 g/mol. The second kappa shape index (κ2) is 5.54. The molecule has 4 aromatic rings. The summed E-state index contributed by atoms with van der Waals surface area (Å²) in [6, 6.07) is 16.0. The highest BCUT2D eigenvalue weighted by molar-refractivity contribution is 7.21. The van der Waals surface area contributed by atoms with Crippen molar-refractivity contribution in [2.24, 2.45) is 0 Å². The zero-order chi connectivity index (χ0) is 14.8. The van der Waals surface area contributed by atoms with Crippen LogP contribution in [-0.4, -0.2) is 15.0 Å². The molecule has 0 unspecified atom stereocenters. The van der Waals surface area contributed by atoms with Gasteiger partial charge in [0.2, 0.25) is 5.88 Å². The van der Waals surface area contributed by atoms with Crippen LogP contribution in [0.4, 0.5) is 0 Å². The molecule has 5 heteroatoms. The molecule has 0 spiro atoms. The summed E-state index contributed by atoms with van der Waals surface area (Å²) < 4.78 is 6.83. The van der Waals surface area contributed by atoms with Gasteiger partial charge in [0, 0.05) is 18.0 Å². The molecule has 4 nitrogen and oxygen atoms in total. The van der Waals surface area contributed by atoms with E-state index in [4.69, 9.17) is 4.74 Å². The first kappa shape index (κ1) is 12.9. The topological polar surface area (TPSA) is 47.9 Å². The third kappa shape index (κ3) is 2.54. The van der Waals surface area contributed by atoms with E-state index in [1.165, 1.54) is 4.70 Å². The molecule has 0 saturated carbocycles. The molecule has 2 aromatic carbocycles. The summed E-state index contributed by atoms with van der Waals surface area (Å²) in [6.45, 7) is 0. The van der Waals surface area contributed by atoms with Crippen molar-refractivity contribution in [3.05, 3.63) is 67.1 Å². The maximum absolute atomic E-state index is 5.64. The van der Waals surface area contributed by atoms with E-state index in [1.54, 1.807) is 29.9 Å². The first-order valence-corrected chi connectivity index (χ1v) is 7.60. The fraction of sp³-hybridized carbons (Fsp3) is 0. The van der Waals surface area contributed by atoms with E-state index >= 15 is 0 Å². The quantitative estimate of drug-likeness (QED) is 0.557. The van der Waals surface area contributed by atoms with Crippen molar-refractivity contribution < 1.29 is 4.74 Å². The Morgan fingerprint density at radius 3 is 2.55 bits per heavy atom.